The second-order valence-electron chi connectivity index (χ2n) is 3.87. The fourth-order valence-electron chi connectivity index (χ4n) is 1.12. The first-order valence-electron chi connectivity index (χ1n) is 4.99. The minimum atomic E-state index is -1.13. The third-order valence-electron chi connectivity index (χ3n) is 2.22. The maximum absolute atomic E-state index is 8.96. The Bertz CT molecular complexity index is 444. The molecule has 0 fully saturated rings. The molecule has 0 aromatic heterocycles. The summed E-state index contributed by atoms with van der Waals surface area (Å²) in [4.78, 5) is 8.34. The SMILES string of the molecule is COc1ccc(N=C(C#N)C(C)(C)OO)cc1. The zero-order valence-electron chi connectivity index (χ0n) is 9.97. The van der Waals surface area contributed by atoms with Crippen molar-refractivity contribution in [2.75, 3.05) is 7.11 Å². The van der Waals surface area contributed by atoms with E-state index in [4.69, 9.17) is 15.3 Å². The van der Waals surface area contributed by atoms with E-state index in [0.29, 0.717) is 11.4 Å². The second-order valence-corrected chi connectivity index (χ2v) is 3.87. The van der Waals surface area contributed by atoms with Gasteiger partial charge in [0.25, 0.3) is 0 Å². The van der Waals surface area contributed by atoms with Crippen LogP contribution in [0.2, 0.25) is 0 Å². The van der Waals surface area contributed by atoms with Crippen LogP contribution < -0.4 is 4.74 Å². The summed E-state index contributed by atoms with van der Waals surface area (Å²) in [6.07, 6.45) is 0. The summed E-state index contributed by atoms with van der Waals surface area (Å²) in [6, 6.07) is 8.80. The molecule has 0 saturated carbocycles. The Balaban J connectivity index is 3.03. The molecule has 0 aliphatic rings. The number of aliphatic imine (C=N–C) groups is 1. The van der Waals surface area contributed by atoms with E-state index in [2.05, 4.69) is 9.88 Å². The fourth-order valence-corrected chi connectivity index (χ4v) is 1.12. The number of rotatable bonds is 4. The number of ether oxygens (including phenoxy) is 1. The normalized spacial score (nSPS) is 12.1. The third kappa shape index (κ3) is 3.28. The van der Waals surface area contributed by atoms with Crippen molar-refractivity contribution in [1.29, 1.82) is 5.26 Å². The first-order valence-corrected chi connectivity index (χ1v) is 4.99. The van der Waals surface area contributed by atoms with Crippen LogP contribution in [0.3, 0.4) is 0 Å². The van der Waals surface area contributed by atoms with Crippen molar-refractivity contribution in [2.45, 2.75) is 19.4 Å². The van der Waals surface area contributed by atoms with Crippen molar-refractivity contribution in [2.24, 2.45) is 4.99 Å². The van der Waals surface area contributed by atoms with Crippen LogP contribution in [0, 0.1) is 11.3 Å². The topological polar surface area (TPSA) is 74.8 Å². The predicted octanol–water partition coefficient (Wildman–Crippen LogP) is 2.56. The van der Waals surface area contributed by atoms with Crippen LogP contribution in [0.5, 0.6) is 5.75 Å². The lowest BCUT2D eigenvalue weighted by molar-refractivity contribution is -0.289. The average Bonchev–Trinajstić information content (AvgIpc) is 2.36. The van der Waals surface area contributed by atoms with Crippen LogP contribution in [0.25, 0.3) is 0 Å². The minimum Gasteiger partial charge on any atom is -0.497 e. The van der Waals surface area contributed by atoms with E-state index >= 15 is 0 Å². The van der Waals surface area contributed by atoms with Crippen molar-refractivity contribution in [3.05, 3.63) is 24.3 Å². The molecule has 1 rings (SSSR count). The summed E-state index contributed by atoms with van der Waals surface area (Å²) in [6.45, 7) is 3.11. The Morgan fingerprint density at radius 1 is 1.35 bits per heavy atom. The van der Waals surface area contributed by atoms with Gasteiger partial charge in [-0.05, 0) is 38.1 Å². The third-order valence-corrected chi connectivity index (χ3v) is 2.22. The van der Waals surface area contributed by atoms with Crippen molar-refractivity contribution in [1.82, 2.24) is 0 Å². The molecule has 0 aliphatic heterocycles. The molecule has 0 atom stereocenters. The highest BCUT2D eigenvalue weighted by Crippen LogP contribution is 2.20. The van der Waals surface area contributed by atoms with Gasteiger partial charge in [0.1, 0.15) is 17.4 Å². The van der Waals surface area contributed by atoms with Gasteiger partial charge in [-0.2, -0.15) is 5.26 Å². The van der Waals surface area contributed by atoms with Gasteiger partial charge >= 0.3 is 0 Å². The molecule has 1 aromatic carbocycles. The van der Waals surface area contributed by atoms with Gasteiger partial charge in [-0.15, -0.1) is 0 Å². The molecular formula is C12H14N2O3. The largest absolute Gasteiger partial charge is 0.497 e. The van der Waals surface area contributed by atoms with Crippen LogP contribution in [0.15, 0.2) is 29.3 Å². The Hall–Kier alpha value is -1.90. The van der Waals surface area contributed by atoms with Crippen LogP contribution in [0.4, 0.5) is 5.69 Å². The lowest BCUT2D eigenvalue weighted by Gasteiger charge is -2.17. The zero-order valence-corrected chi connectivity index (χ0v) is 9.97. The molecule has 5 heteroatoms. The number of hydrogen-bond donors (Lipinski definition) is 1. The van der Waals surface area contributed by atoms with Crippen molar-refractivity contribution in [3.63, 3.8) is 0 Å². The lowest BCUT2D eigenvalue weighted by atomic mass is 10.0. The van der Waals surface area contributed by atoms with Crippen molar-refractivity contribution < 1.29 is 14.9 Å². The second kappa shape index (κ2) is 5.43. The summed E-state index contributed by atoms with van der Waals surface area (Å²) in [5.41, 5.74) is -0.452. The van der Waals surface area contributed by atoms with Gasteiger partial charge in [-0.25, -0.2) is 9.88 Å². The highest BCUT2D eigenvalue weighted by Gasteiger charge is 2.26. The number of benzene rings is 1. The maximum Gasteiger partial charge on any atom is 0.152 e. The predicted molar refractivity (Wildman–Crippen MR) is 63.5 cm³/mol. The smallest absolute Gasteiger partial charge is 0.152 e. The van der Waals surface area contributed by atoms with Gasteiger partial charge in [-0.3, -0.25) is 5.26 Å². The Morgan fingerprint density at radius 2 is 1.94 bits per heavy atom. The molecule has 0 aliphatic carbocycles. The molecule has 0 heterocycles. The quantitative estimate of drug-likeness (QED) is 0.493. The molecular weight excluding hydrogens is 220 g/mol. The van der Waals surface area contributed by atoms with E-state index in [-0.39, 0.29) is 5.71 Å². The maximum atomic E-state index is 8.96. The van der Waals surface area contributed by atoms with E-state index in [1.54, 1.807) is 45.2 Å². The zero-order chi connectivity index (χ0) is 12.9. The van der Waals surface area contributed by atoms with E-state index < -0.39 is 5.60 Å². The number of hydrogen-bond acceptors (Lipinski definition) is 5. The van der Waals surface area contributed by atoms with E-state index in [1.165, 1.54) is 0 Å². The summed E-state index contributed by atoms with van der Waals surface area (Å²) in [5.74, 6) is 0.708. The van der Waals surface area contributed by atoms with Gasteiger partial charge < -0.3 is 4.74 Å². The van der Waals surface area contributed by atoms with E-state index in [0.717, 1.165) is 0 Å². The summed E-state index contributed by atoms with van der Waals surface area (Å²) in [7, 11) is 1.57. The van der Waals surface area contributed by atoms with Gasteiger partial charge in [-0.1, -0.05) is 0 Å². The number of nitrogens with zero attached hydrogens (tertiary/aromatic N) is 2. The van der Waals surface area contributed by atoms with Gasteiger partial charge in [0.05, 0.1) is 12.8 Å². The first kappa shape index (κ1) is 13.2. The van der Waals surface area contributed by atoms with Gasteiger partial charge in [0.2, 0.25) is 0 Å². The molecule has 0 radical (unpaired) electrons. The molecule has 90 valence electrons. The molecule has 0 bridgehead atoms. The van der Waals surface area contributed by atoms with Crippen molar-refractivity contribution in [3.8, 4) is 11.8 Å². The van der Waals surface area contributed by atoms with E-state index in [9.17, 15) is 0 Å². The van der Waals surface area contributed by atoms with Crippen LogP contribution >= 0.6 is 0 Å². The standard InChI is InChI=1S/C12H14N2O3/c1-12(2,17-15)11(8-13)14-9-4-6-10(16-3)7-5-9/h4-7,15H,1-3H3. The van der Waals surface area contributed by atoms with Crippen LogP contribution in [-0.4, -0.2) is 23.7 Å². The summed E-state index contributed by atoms with van der Waals surface area (Å²) in [5, 5.41) is 17.7. The van der Waals surface area contributed by atoms with Gasteiger partial charge in [0, 0.05) is 0 Å². The average molecular weight is 234 g/mol. The number of methoxy groups -OCH3 is 1. The molecule has 0 amide bonds. The Morgan fingerprint density at radius 3 is 2.35 bits per heavy atom. The summed E-state index contributed by atoms with van der Waals surface area (Å²) >= 11 is 0. The first-order chi connectivity index (χ1) is 8.03. The molecule has 1 N–H and O–H groups in total. The molecule has 0 spiro atoms. The lowest BCUT2D eigenvalue weighted by Crippen LogP contribution is -2.32. The molecule has 0 unspecified atom stereocenters. The molecule has 5 nitrogen and oxygen atoms in total. The monoisotopic (exact) mass is 234 g/mol. The van der Waals surface area contributed by atoms with Crippen molar-refractivity contribution >= 4 is 11.4 Å². The molecule has 1 aromatic rings. The van der Waals surface area contributed by atoms with Crippen LogP contribution in [0.1, 0.15) is 13.8 Å². The number of nitriles is 1. The summed E-state index contributed by atoms with van der Waals surface area (Å²) < 4.78 is 5.01. The van der Waals surface area contributed by atoms with Crippen LogP contribution in [-0.2, 0) is 4.89 Å². The fraction of sp³-hybridized carbons (Fsp3) is 0.333. The highest BCUT2D eigenvalue weighted by molar-refractivity contribution is 6.05. The van der Waals surface area contributed by atoms with Gasteiger partial charge in [0.15, 0.2) is 5.71 Å². The Kier molecular flexibility index (Phi) is 4.21. The highest BCUT2D eigenvalue weighted by atomic mass is 17.1. The Labute approximate surface area is 99.9 Å². The van der Waals surface area contributed by atoms with E-state index in [1.807, 2.05) is 6.07 Å². The molecule has 17 heavy (non-hydrogen) atoms. The minimum absolute atomic E-state index is 0.0881. The molecule has 0 saturated heterocycles.